The summed E-state index contributed by atoms with van der Waals surface area (Å²) >= 11 is 5.56. The van der Waals surface area contributed by atoms with Crippen LogP contribution in [0.3, 0.4) is 0 Å². The Kier molecular flexibility index (Phi) is 10.5. The van der Waals surface area contributed by atoms with Crippen molar-refractivity contribution in [3.8, 4) is 0 Å². The van der Waals surface area contributed by atoms with Gasteiger partial charge in [-0.15, -0.1) is 0 Å². The molecule has 4 atom stereocenters. The number of aliphatic carboxylic acids is 1. The lowest BCUT2D eigenvalue weighted by Gasteiger charge is -2.27. The van der Waals surface area contributed by atoms with Gasteiger partial charge in [0.25, 0.3) is 5.91 Å². The SMILES string of the molecule is CCN(CCC(=S)NCC[C@H]1[C@@H](C/C=C\CCCC(=O)O)[C@H]2CC[C@@H]1O2)C(=O)c1ccccc1. The number of hydrogen-bond donors (Lipinski definition) is 2. The van der Waals surface area contributed by atoms with Crippen LogP contribution in [-0.4, -0.2) is 58.7 Å². The van der Waals surface area contributed by atoms with Crippen molar-refractivity contribution in [3.05, 3.63) is 48.0 Å². The third-order valence-electron chi connectivity index (χ3n) is 7.02. The lowest BCUT2D eigenvalue weighted by Crippen LogP contribution is -2.36. The van der Waals surface area contributed by atoms with Gasteiger partial charge >= 0.3 is 5.97 Å². The number of nitrogens with zero attached hydrogens (tertiary/aromatic N) is 1. The number of carbonyl (C=O) groups is 2. The predicted octanol–water partition coefficient (Wildman–Crippen LogP) is 4.84. The van der Waals surface area contributed by atoms with Crippen molar-refractivity contribution in [2.75, 3.05) is 19.6 Å². The standard InChI is InChI=1S/C27H38N2O4S/c1-2-29(27(32)20-10-6-5-7-11-20)19-17-25(34)28-18-16-22-21(23-14-15-24(22)33-23)12-8-3-4-9-13-26(30)31/h3,5-8,10-11,21-24H,2,4,9,12-19H2,1H3,(H,28,34)(H,30,31)/b8-3-/t21-,22+,23-,24+/m1/s1. The van der Waals surface area contributed by atoms with Gasteiger partial charge in [0.1, 0.15) is 0 Å². The number of carboxylic acid groups (broad SMARTS) is 1. The summed E-state index contributed by atoms with van der Waals surface area (Å²) in [6.07, 6.45) is 11.8. The summed E-state index contributed by atoms with van der Waals surface area (Å²) in [5, 5.41) is 12.1. The summed E-state index contributed by atoms with van der Waals surface area (Å²) in [6.45, 7) is 4.09. The van der Waals surface area contributed by atoms with Crippen molar-refractivity contribution in [1.82, 2.24) is 10.2 Å². The number of nitrogens with one attached hydrogen (secondary N) is 1. The largest absolute Gasteiger partial charge is 0.481 e. The van der Waals surface area contributed by atoms with Crippen LogP contribution in [-0.2, 0) is 9.53 Å². The van der Waals surface area contributed by atoms with Crippen molar-refractivity contribution in [2.45, 2.75) is 70.5 Å². The highest BCUT2D eigenvalue weighted by molar-refractivity contribution is 7.80. The van der Waals surface area contributed by atoms with E-state index in [1.54, 1.807) is 0 Å². The molecular formula is C27H38N2O4S. The smallest absolute Gasteiger partial charge is 0.303 e. The van der Waals surface area contributed by atoms with Crippen molar-refractivity contribution >= 4 is 29.1 Å². The van der Waals surface area contributed by atoms with Crippen LogP contribution in [0, 0.1) is 11.8 Å². The van der Waals surface area contributed by atoms with Gasteiger partial charge in [-0.05, 0) is 69.4 Å². The molecule has 1 aromatic carbocycles. The summed E-state index contributed by atoms with van der Waals surface area (Å²) in [4.78, 5) is 25.9. The fraction of sp³-hybridized carbons (Fsp3) is 0.593. The van der Waals surface area contributed by atoms with E-state index in [1.165, 1.54) is 0 Å². The van der Waals surface area contributed by atoms with E-state index in [4.69, 9.17) is 22.1 Å². The van der Waals surface area contributed by atoms with Crippen molar-refractivity contribution < 1.29 is 19.4 Å². The van der Waals surface area contributed by atoms with E-state index < -0.39 is 5.97 Å². The third kappa shape index (κ3) is 7.64. The Balaban J connectivity index is 1.38. The average Bonchev–Trinajstić information content (AvgIpc) is 3.44. The van der Waals surface area contributed by atoms with Gasteiger partial charge in [0.2, 0.25) is 0 Å². The molecule has 0 spiro atoms. The topological polar surface area (TPSA) is 78.9 Å². The Hall–Kier alpha value is -2.25. The molecule has 186 valence electrons. The monoisotopic (exact) mass is 486 g/mol. The van der Waals surface area contributed by atoms with E-state index in [0.29, 0.717) is 55.5 Å². The maximum atomic E-state index is 12.7. The van der Waals surface area contributed by atoms with Crippen LogP contribution in [0.2, 0.25) is 0 Å². The molecule has 2 N–H and O–H groups in total. The van der Waals surface area contributed by atoms with Gasteiger partial charge in [-0.2, -0.15) is 0 Å². The van der Waals surface area contributed by atoms with Crippen LogP contribution < -0.4 is 5.32 Å². The highest BCUT2D eigenvalue weighted by Gasteiger charge is 2.47. The molecule has 34 heavy (non-hydrogen) atoms. The second-order valence-corrected chi connectivity index (χ2v) is 9.74. The summed E-state index contributed by atoms with van der Waals surface area (Å²) in [7, 11) is 0. The average molecular weight is 487 g/mol. The molecule has 6 nitrogen and oxygen atoms in total. The molecular weight excluding hydrogens is 448 g/mol. The first-order chi connectivity index (χ1) is 16.5. The lowest BCUT2D eigenvalue weighted by molar-refractivity contribution is -0.137. The number of rotatable bonds is 14. The molecule has 2 bridgehead atoms. The Morgan fingerprint density at radius 2 is 1.88 bits per heavy atom. The molecule has 0 saturated carbocycles. The number of thiocarbonyl (C=S) groups is 1. The van der Waals surface area contributed by atoms with E-state index in [0.717, 1.165) is 43.6 Å². The highest BCUT2D eigenvalue weighted by Crippen LogP contribution is 2.46. The normalized spacial score (nSPS) is 23.3. The lowest BCUT2D eigenvalue weighted by atomic mass is 9.76. The van der Waals surface area contributed by atoms with Crippen LogP contribution in [0.1, 0.15) is 68.6 Å². The maximum Gasteiger partial charge on any atom is 0.303 e. The Morgan fingerprint density at radius 3 is 2.59 bits per heavy atom. The van der Waals surface area contributed by atoms with Gasteiger partial charge in [0.15, 0.2) is 0 Å². The van der Waals surface area contributed by atoms with E-state index in [-0.39, 0.29) is 12.3 Å². The number of carboxylic acids is 1. The number of benzene rings is 1. The molecule has 2 saturated heterocycles. The van der Waals surface area contributed by atoms with Gasteiger partial charge < -0.3 is 20.1 Å². The van der Waals surface area contributed by atoms with Crippen LogP contribution in [0.25, 0.3) is 0 Å². The summed E-state index contributed by atoms with van der Waals surface area (Å²) in [5.41, 5.74) is 0.710. The molecule has 0 aromatic heterocycles. The number of amides is 1. The zero-order chi connectivity index (χ0) is 24.3. The van der Waals surface area contributed by atoms with Gasteiger partial charge in [-0.25, -0.2) is 0 Å². The van der Waals surface area contributed by atoms with E-state index in [1.807, 2.05) is 42.2 Å². The molecule has 2 aliphatic heterocycles. The number of carbonyl (C=O) groups excluding carboxylic acids is 1. The van der Waals surface area contributed by atoms with Crippen molar-refractivity contribution in [1.29, 1.82) is 0 Å². The minimum atomic E-state index is -0.731. The predicted molar refractivity (Wildman–Crippen MR) is 138 cm³/mol. The number of hydrogen-bond acceptors (Lipinski definition) is 4. The summed E-state index contributed by atoms with van der Waals surface area (Å²) in [5.74, 6) is 0.378. The van der Waals surface area contributed by atoms with E-state index in [2.05, 4.69) is 17.5 Å². The van der Waals surface area contributed by atoms with Crippen LogP contribution >= 0.6 is 12.2 Å². The molecule has 0 radical (unpaired) electrons. The van der Waals surface area contributed by atoms with Crippen LogP contribution in [0.15, 0.2) is 42.5 Å². The molecule has 2 heterocycles. The first-order valence-corrected chi connectivity index (χ1v) is 13.0. The molecule has 3 rings (SSSR count). The zero-order valence-corrected chi connectivity index (χ0v) is 21.0. The molecule has 7 heteroatoms. The number of fused-ring (bicyclic) bond motifs is 2. The molecule has 2 aliphatic rings. The number of ether oxygens (including phenoxy) is 1. The minimum Gasteiger partial charge on any atom is -0.481 e. The molecule has 1 amide bonds. The fourth-order valence-corrected chi connectivity index (χ4v) is 5.40. The molecule has 0 unspecified atom stereocenters. The number of allylic oxidation sites excluding steroid dienone is 2. The van der Waals surface area contributed by atoms with Gasteiger partial charge in [0, 0.05) is 38.0 Å². The van der Waals surface area contributed by atoms with Crippen molar-refractivity contribution in [3.63, 3.8) is 0 Å². The summed E-state index contributed by atoms with van der Waals surface area (Å²) < 4.78 is 6.21. The van der Waals surface area contributed by atoms with Crippen LogP contribution in [0.4, 0.5) is 0 Å². The molecule has 1 aromatic rings. The van der Waals surface area contributed by atoms with Gasteiger partial charge in [0.05, 0.1) is 17.2 Å². The maximum absolute atomic E-state index is 12.7. The Labute approximate surface area is 208 Å². The van der Waals surface area contributed by atoms with E-state index in [9.17, 15) is 9.59 Å². The quantitative estimate of drug-likeness (QED) is 0.223. The first kappa shape index (κ1) is 26.4. The van der Waals surface area contributed by atoms with Gasteiger partial charge in [-0.3, -0.25) is 9.59 Å². The zero-order valence-electron chi connectivity index (χ0n) is 20.2. The molecule has 0 aliphatic carbocycles. The van der Waals surface area contributed by atoms with Gasteiger partial charge in [-0.1, -0.05) is 42.6 Å². The van der Waals surface area contributed by atoms with Crippen molar-refractivity contribution in [2.24, 2.45) is 11.8 Å². The highest BCUT2D eigenvalue weighted by atomic mass is 32.1. The first-order valence-electron chi connectivity index (χ1n) is 12.6. The second kappa shape index (κ2) is 13.6. The Bertz CT molecular complexity index is 844. The third-order valence-corrected chi connectivity index (χ3v) is 7.37. The number of unbranched alkanes of at least 4 members (excludes halogenated alkanes) is 1. The minimum absolute atomic E-state index is 0.0453. The van der Waals surface area contributed by atoms with Crippen LogP contribution in [0.5, 0.6) is 0 Å². The molecule has 2 fully saturated rings. The second-order valence-electron chi connectivity index (χ2n) is 9.25. The summed E-state index contributed by atoms with van der Waals surface area (Å²) in [6, 6.07) is 9.38. The fourth-order valence-electron chi connectivity index (χ4n) is 5.21. The van der Waals surface area contributed by atoms with E-state index >= 15 is 0 Å². The Morgan fingerprint density at radius 1 is 1.15 bits per heavy atom.